The van der Waals surface area contributed by atoms with Gasteiger partial charge in [-0.2, -0.15) is 0 Å². The first-order valence-electron chi connectivity index (χ1n) is 11.8. The van der Waals surface area contributed by atoms with Gasteiger partial charge in [0.2, 0.25) is 0 Å². The molecule has 0 saturated heterocycles. The largest absolute Gasteiger partial charge is 0.490 e. The van der Waals surface area contributed by atoms with E-state index in [1.807, 2.05) is 30.3 Å². The summed E-state index contributed by atoms with van der Waals surface area (Å²) in [5.41, 5.74) is 2.87. The van der Waals surface area contributed by atoms with Crippen LogP contribution in [0.2, 0.25) is 10.0 Å². The van der Waals surface area contributed by atoms with E-state index in [9.17, 15) is 9.59 Å². The van der Waals surface area contributed by atoms with E-state index in [4.69, 9.17) is 33.0 Å². The molecule has 0 fully saturated rings. The maximum Gasteiger partial charge on any atom is 0.305 e. The normalized spacial score (nSPS) is 11.5. The highest BCUT2D eigenvalue weighted by atomic mass is 35.5. The van der Waals surface area contributed by atoms with E-state index in [-0.39, 0.29) is 24.9 Å². The predicted octanol–water partition coefficient (Wildman–Crippen LogP) is 6.31. The highest BCUT2D eigenvalue weighted by Gasteiger charge is 2.12. The van der Waals surface area contributed by atoms with Crippen LogP contribution in [-0.4, -0.2) is 41.2 Å². The molecule has 0 aliphatic carbocycles. The minimum absolute atomic E-state index is 0.0607. The Morgan fingerprint density at radius 3 is 2.50 bits per heavy atom. The van der Waals surface area contributed by atoms with Crippen molar-refractivity contribution in [2.75, 3.05) is 18.5 Å². The Hall–Kier alpha value is -3.29. The van der Waals surface area contributed by atoms with Crippen molar-refractivity contribution in [2.24, 2.45) is 0 Å². The molecule has 1 heterocycles. The number of carbonyl (C=O) groups is 2. The van der Waals surface area contributed by atoms with Crippen LogP contribution in [0.25, 0.3) is 11.3 Å². The minimum Gasteiger partial charge on any atom is -0.490 e. The van der Waals surface area contributed by atoms with Crippen LogP contribution < -0.4 is 15.4 Å². The van der Waals surface area contributed by atoms with Gasteiger partial charge in [0, 0.05) is 28.4 Å². The van der Waals surface area contributed by atoms with Crippen LogP contribution in [0.5, 0.6) is 5.75 Å². The van der Waals surface area contributed by atoms with Crippen LogP contribution in [0.1, 0.15) is 43.0 Å². The van der Waals surface area contributed by atoms with Gasteiger partial charge in [0.25, 0.3) is 5.91 Å². The second-order valence-electron chi connectivity index (χ2n) is 8.27. The number of carboxylic acid groups (broad SMARTS) is 1. The van der Waals surface area contributed by atoms with Crippen LogP contribution in [-0.2, 0) is 4.79 Å². The summed E-state index contributed by atoms with van der Waals surface area (Å²) in [6, 6.07) is 16.2. The van der Waals surface area contributed by atoms with Gasteiger partial charge < -0.3 is 20.5 Å². The monoisotopic (exact) mass is 529 g/mol. The van der Waals surface area contributed by atoms with Crippen molar-refractivity contribution in [3.63, 3.8) is 0 Å². The molecule has 7 nitrogen and oxygen atoms in total. The molecular weight excluding hydrogens is 501 g/mol. The number of unbranched alkanes of at least 4 members (excludes halogenated alkanes) is 1. The van der Waals surface area contributed by atoms with Crippen molar-refractivity contribution in [1.29, 1.82) is 0 Å². The number of nitrogens with one attached hydrogen (secondary N) is 2. The topological polar surface area (TPSA) is 101 Å². The van der Waals surface area contributed by atoms with E-state index >= 15 is 0 Å². The first kappa shape index (κ1) is 27.3. The first-order chi connectivity index (χ1) is 17.4. The number of rotatable bonds is 13. The van der Waals surface area contributed by atoms with E-state index in [0.29, 0.717) is 28.0 Å². The Bertz CT molecular complexity index is 1150. The molecule has 3 aromatic rings. The standard InChI is InChI=1S/C27H29Cl2N3O4/c1-2-3-4-21(32-20-8-5-18(6-9-20)27(35)30-14-13-26(33)34)17-36-22-10-12-25(31-16-22)23-11-7-19(28)15-24(23)29/h5-12,15-16,21,32H,2-4,13-14,17H2,1H3,(H,30,35)(H,33,34)/t21-/m0/s1. The number of carbonyl (C=O) groups excluding carboxylic acids is 1. The van der Waals surface area contributed by atoms with Crippen molar-refractivity contribution >= 4 is 40.8 Å². The molecular formula is C27H29Cl2N3O4. The lowest BCUT2D eigenvalue weighted by Gasteiger charge is -2.20. The number of aliphatic carboxylic acids is 1. The van der Waals surface area contributed by atoms with E-state index in [0.717, 1.165) is 36.2 Å². The van der Waals surface area contributed by atoms with Crippen LogP contribution in [0.3, 0.4) is 0 Å². The highest BCUT2D eigenvalue weighted by molar-refractivity contribution is 6.36. The van der Waals surface area contributed by atoms with Crippen molar-refractivity contribution in [3.8, 4) is 17.0 Å². The van der Waals surface area contributed by atoms with E-state index in [1.54, 1.807) is 30.5 Å². The fourth-order valence-electron chi connectivity index (χ4n) is 3.51. The molecule has 3 N–H and O–H groups in total. The van der Waals surface area contributed by atoms with Gasteiger partial charge in [0.15, 0.2) is 0 Å². The molecule has 0 spiro atoms. The quantitative estimate of drug-likeness (QED) is 0.240. The van der Waals surface area contributed by atoms with Crippen LogP contribution in [0, 0.1) is 0 Å². The zero-order valence-electron chi connectivity index (χ0n) is 20.0. The van der Waals surface area contributed by atoms with Gasteiger partial charge in [0.05, 0.1) is 29.4 Å². The Balaban J connectivity index is 1.57. The molecule has 1 atom stereocenters. The van der Waals surface area contributed by atoms with Crippen LogP contribution in [0.15, 0.2) is 60.8 Å². The van der Waals surface area contributed by atoms with Crippen LogP contribution in [0.4, 0.5) is 5.69 Å². The number of halogens is 2. The smallest absolute Gasteiger partial charge is 0.305 e. The summed E-state index contributed by atoms with van der Waals surface area (Å²) in [5, 5.41) is 15.9. The molecule has 0 bridgehead atoms. The van der Waals surface area contributed by atoms with Crippen molar-refractivity contribution < 1.29 is 19.4 Å². The maximum atomic E-state index is 12.1. The maximum absolute atomic E-state index is 12.1. The van der Waals surface area contributed by atoms with Gasteiger partial charge in [0.1, 0.15) is 12.4 Å². The summed E-state index contributed by atoms with van der Waals surface area (Å²) in [6.07, 6.45) is 4.58. The molecule has 9 heteroatoms. The molecule has 0 saturated carbocycles. The average Bonchev–Trinajstić information content (AvgIpc) is 2.86. The molecule has 0 radical (unpaired) electrons. The summed E-state index contributed by atoms with van der Waals surface area (Å²) >= 11 is 12.3. The van der Waals surface area contributed by atoms with Crippen molar-refractivity contribution in [3.05, 3.63) is 76.4 Å². The van der Waals surface area contributed by atoms with Gasteiger partial charge in [-0.25, -0.2) is 0 Å². The lowest BCUT2D eigenvalue weighted by molar-refractivity contribution is -0.136. The molecule has 1 amide bonds. The lowest BCUT2D eigenvalue weighted by atomic mass is 10.1. The molecule has 3 rings (SSSR count). The minimum atomic E-state index is -0.951. The number of ether oxygens (including phenoxy) is 1. The third kappa shape index (κ3) is 8.43. The third-order valence-electron chi connectivity index (χ3n) is 5.44. The molecule has 0 aliphatic heterocycles. The number of carboxylic acids is 1. The SMILES string of the molecule is CCCC[C@@H](COc1ccc(-c2ccc(Cl)cc2Cl)nc1)Nc1ccc(C(=O)NCCC(=O)O)cc1. The molecule has 1 aromatic heterocycles. The summed E-state index contributed by atoms with van der Waals surface area (Å²) in [7, 11) is 0. The number of amides is 1. The van der Waals surface area contributed by atoms with Gasteiger partial charge >= 0.3 is 5.97 Å². The fraction of sp³-hybridized carbons (Fsp3) is 0.296. The zero-order valence-corrected chi connectivity index (χ0v) is 21.5. The first-order valence-corrected chi connectivity index (χ1v) is 12.5. The molecule has 2 aromatic carbocycles. The van der Waals surface area contributed by atoms with Crippen molar-refractivity contribution in [1.82, 2.24) is 10.3 Å². The second kappa shape index (κ2) is 13.7. The number of hydrogen-bond donors (Lipinski definition) is 3. The molecule has 0 aliphatic rings. The summed E-state index contributed by atoms with van der Waals surface area (Å²) in [4.78, 5) is 27.2. The third-order valence-corrected chi connectivity index (χ3v) is 5.99. The summed E-state index contributed by atoms with van der Waals surface area (Å²) < 4.78 is 6.01. The molecule has 0 unspecified atom stereocenters. The van der Waals surface area contributed by atoms with E-state index in [2.05, 4.69) is 22.5 Å². The lowest BCUT2D eigenvalue weighted by Crippen LogP contribution is -2.27. The Labute approximate surface area is 220 Å². The van der Waals surface area contributed by atoms with Gasteiger partial charge in [-0.3, -0.25) is 14.6 Å². The van der Waals surface area contributed by atoms with E-state index < -0.39 is 5.97 Å². The summed E-state index contributed by atoms with van der Waals surface area (Å²) in [5.74, 6) is -0.599. The fourth-order valence-corrected chi connectivity index (χ4v) is 4.01. The summed E-state index contributed by atoms with van der Waals surface area (Å²) in [6.45, 7) is 2.67. The number of pyridine rings is 1. The van der Waals surface area contributed by atoms with Gasteiger partial charge in [-0.1, -0.05) is 43.0 Å². The molecule has 190 valence electrons. The second-order valence-corrected chi connectivity index (χ2v) is 9.12. The van der Waals surface area contributed by atoms with E-state index in [1.165, 1.54) is 0 Å². The Morgan fingerprint density at radius 2 is 1.86 bits per heavy atom. The molecule has 36 heavy (non-hydrogen) atoms. The van der Waals surface area contributed by atoms with Gasteiger partial charge in [-0.05, 0) is 61.0 Å². The van der Waals surface area contributed by atoms with Gasteiger partial charge in [-0.15, -0.1) is 0 Å². The highest BCUT2D eigenvalue weighted by Crippen LogP contribution is 2.29. The van der Waals surface area contributed by atoms with Crippen LogP contribution >= 0.6 is 23.2 Å². The Morgan fingerprint density at radius 1 is 1.08 bits per heavy atom. The number of aromatic nitrogens is 1. The number of hydrogen-bond acceptors (Lipinski definition) is 5. The number of anilines is 1. The zero-order chi connectivity index (χ0) is 25.9. The average molecular weight is 530 g/mol. The van der Waals surface area contributed by atoms with Crippen molar-refractivity contribution in [2.45, 2.75) is 38.6 Å². The Kier molecular flexibility index (Phi) is 10.4. The predicted molar refractivity (Wildman–Crippen MR) is 143 cm³/mol. The number of benzene rings is 2. The number of nitrogens with zero attached hydrogens (tertiary/aromatic N) is 1.